The molecule has 2 amide bonds. The van der Waals surface area contributed by atoms with Crippen LogP contribution >= 0.6 is 0 Å². The highest BCUT2D eigenvalue weighted by molar-refractivity contribution is 5.96. The SMILES string of the molecule is CCC(C)C1OC(=O)C2CC3(CC=C(C)C)c4ccccc4N(C=O)C3N2C1=O. The lowest BCUT2D eigenvalue weighted by Crippen LogP contribution is -2.61. The topological polar surface area (TPSA) is 66.9 Å². The number of nitrogens with zero attached hydrogens (tertiary/aromatic N) is 2. The Hall–Kier alpha value is -2.63. The molecule has 3 heterocycles. The van der Waals surface area contributed by atoms with E-state index in [-0.39, 0.29) is 17.8 Å². The van der Waals surface area contributed by atoms with Crippen molar-refractivity contribution in [3.63, 3.8) is 0 Å². The van der Waals surface area contributed by atoms with E-state index in [1.807, 2.05) is 52.0 Å². The summed E-state index contributed by atoms with van der Waals surface area (Å²) in [6.45, 7) is 7.96. The number of fused-ring (bicyclic) bond motifs is 5. The zero-order valence-corrected chi connectivity index (χ0v) is 17.4. The second-order valence-electron chi connectivity index (χ2n) is 8.75. The molecule has 154 valence electrons. The van der Waals surface area contributed by atoms with Gasteiger partial charge in [-0.1, -0.05) is 43.7 Å². The van der Waals surface area contributed by atoms with Crippen molar-refractivity contribution in [3.8, 4) is 0 Å². The third kappa shape index (κ3) is 2.72. The van der Waals surface area contributed by atoms with Crippen molar-refractivity contribution in [3.05, 3.63) is 41.5 Å². The third-order valence-corrected chi connectivity index (χ3v) is 6.80. The van der Waals surface area contributed by atoms with Crippen molar-refractivity contribution in [1.82, 2.24) is 4.90 Å². The Morgan fingerprint density at radius 2 is 2.03 bits per heavy atom. The first-order chi connectivity index (χ1) is 13.9. The molecule has 0 spiro atoms. The van der Waals surface area contributed by atoms with Gasteiger partial charge in [-0.05, 0) is 44.7 Å². The highest BCUT2D eigenvalue weighted by atomic mass is 16.6. The van der Waals surface area contributed by atoms with E-state index in [4.69, 9.17) is 4.74 Å². The second kappa shape index (κ2) is 7.01. The summed E-state index contributed by atoms with van der Waals surface area (Å²) in [6, 6.07) is 7.13. The average Bonchev–Trinajstić information content (AvgIpc) is 3.19. The lowest BCUT2D eigenvalue weighted by molar-refractivity contribution is -0.181. The Morgan fingerprint density at radius 1 is 1.31 bits per heavy atom. The number of anilines is 1. The Bertz CT molecular complexity index is 891. The predicted molar refractivity (Wildman–Crippen MR) is 109 cm³/mol. The molecule has 2 fully saturated rings. The fourth-order valence-corrected chi connectivity index (χ4v) is 5.13. The van der Waals surface area contributed by atoms with E-state index in [1.54, 1.807) is 9.80 Å². The quantitative estimate of drug-likeness (QED) is 0.436. The van der Waals surface area contributed by atoms with Crippen molar-refractivity contribution in [2.75, 3.05) is 4.90 Å². The molecule has 6 heteroatoms. The molecular formula is C23H28N2O4. The number of amides is 2. The molecule has 3 aliphatic rings. The molecule has 6 nitrogen and oxygen atoms in total. The zero-order valence-electron chi connectivity index (χ0n) is 17.4. The number of rotatable bonds is 5. The van der Waals surface area contributed by atoms with E-state index in [0.717, 1.165) is 29.7 Å². The predicted octanol–water partition coefficient (Wildman–Crippen LogP) is 3.16. The van der Waals surface area contributed by atoms with E-state index in [0.29, 0.717) is 12.8 Å². The first kappa shape index (κ1) is 19.7. The largest absolute Gasteiger partial charge is 0.450 e. The van der Waals surface area contributed by atoms with Gasteiger partial charge in [0.2, 0.25) is 6.41 Å². The van der Waals surface area contributed by atoms with Gasteiger partial charge in [-0.3, -0.25) is 14.5 Å². The first-order valence-corrected chi connectivity index (χ1v) is 10.3. The van der Waals surface area contributed by atoms with Crippen molar-refractivity contribution >= 4 is 24.0 Å². The summed E-state index contributed by atoms with van der Waals surface area (Å²) in [4.78, 5) is 41.9. The normalized spacial score (nSPS) is 31.0. The minimum atomic E-state index is -0.791. The first-order valence-electron chi connectivity index (χ1n) is 10.3. The number of para-hydroxylation sites is 1. The maximum absolute atomic E-state index is 13.5. The molecule has 2 saturated heterocycles. The van der Waals surface area contributed by atoms with Crippen LogP contribution in [0.2, 0.25) is 0 Å². The van der Waals surface area contributed by atoms with Gasteiger partial charge in [0.05, 0.1) is 0 Å². The number of benzene rings is 1. The van der Waals surface area contributed by atoms with Gasteiger partial charge in [0.15, 0.2) is 6.10 Å². The summed E-state index contributed by atoms with van der Waals surface area (Å²) >= 11 is 0. The molecule has 1 aromatic carbocycles. The lowest BCUT2D eigenvalue weighted by atomic mass is 9.75. The van der Waals surface area contributed by atoms with Gasteiger partial charge >= 0.3 is 5.97 Å². The van der Waals surface area contributed by atoms with Gasteiger partial charge in [-0.25, -0.2) is 4.79 Å². The van der Waals surface area contributed by atoms with Crippen LogP contribution < -0.4 is 4.90 Å². The van der Waals surface area contributed by atoms with Crippen molar-refractivity contribution in [2.24, 2.45) is 5.92 Å². The molecule has 0 bridgehead atoms. The van der Waals surface area contributed by atoms with Crippen LogP contribution in [-0.4, -0.2) is 41.5 Å². The Morgan fingerprint density at radius 3 is 2.69 bits per heavy atom. The van der Waals surface area contributed by atoms with Gasteiger partial charge in [-0.2, -0.15) is 0 Å². The van der Waals surface area contributed by atoms with Gasteiger partial charge in [-0.15, -0.1) is 0 Å². The third-order valence-electron chi connectivity index (χ3n) is 6.80. The van der Waals surface area contributed by atoms with Gasteiger partial charge in [0.1, 0.15) is 12.2 Å². The maximum Gasteiger partial charge on any atom is 0.329 e. The van der Waals surface area contributed by atoms with Gasteiger partial charge < -0.3 is 9.64 Å². The van der Waals surface area contributed by atoms with E-state index in [1.165, 1.54) is 0 Å². The Labute approximate surface area is 171 Å². The van der Waals surface area contributed by atoms with Gasteiger partial charge in [0.25, 0.3) is 5.91 Å². The molecule has 3 aliphatic heterocycles. The van der Waals surface area contributed by atoms with Crippen LogP contribution in [0.25, 0.3) is 0 Å². The van der Waals surface area contributed by atoms with Crippen LogP contribution in [0, 0.1) is 5.92 Å². The number of hydrogen-bond acceptors (Lipinski definition) is 4. The molecular weight excluding hydrogens is 368 g/mol. The molecule has 29 heavy (non-hydrogen) atoms. The second-order valence-corrected chi connectivity index (χ2v) is 8.75. The minimum Gasteiger partial charge on any atom is -0.450 e. The van der Waals surface area contributed by atoms with E-state index < -0.39 is 23.7 Å². The smallest absolute Gasteiger partial charge is 0.329 e. The van der Waals surface area contributed by atoms with Crippen LogP contribution in [0.3, 0.4) is 0 Å². The molecule has 5 unspecified atom stereocenters. The Balaban J connectivity index is 1.87. The molecule has 0 N–H and O–H groups in total. The molecule has 1 aromatic rings. The molecule has 0 aliphatic carbocycles. The summed E-state index contributed by atoms with van der Waals surface area (Å²) in [5, 5.41) is 0. The van der Waals surface area contributed by atoms with E-state index in [2.05, 4.69) is 6.08 Å². The molecule has 0 radical (unpaired) electrons. The monoisotopic (exact) mass is 396 g/mol. The van der Waals surface area contributed by atoms with Crippen LogP contribution in [0.1, 0.15) is 52.5 Å². The lowest BCUT2D eigenvalue weighted by Gasteiger charge is -2.41. The highest BCUT2D eigenvalue weighted by Crippen LogP contribution is 2.57. The number of morpholine rings is 1. The molecule has 5 atom stereocenters. The standard InChI is InChI=1S/C23H28N2O4/c1-5-15(4)19-20(27)25-18(21(28)29-19)12-23(11-10-14(2)3)16-8-6-7-9-17(16)24(13-26)22(23)25/h6-10,13,15,18-19,22H,5,11-12H2,1-4H3. The average molecular weight is 396 g/mol. The summed E-state index contributed by atoms with van der Waals surface area (Å²) in [6.07, 6.45) is 3.47. The van der Waals surface area contributed by atoms with E-state index in [9.17, 15) is 14.4 Å². The van der Waals surface area contributed by atoms with Crippen molar-refractivity contribution < 1.29 is 19.1 Å². The number of esters is 1. The minimum absolute atomic E-state index is 0.0753. The van der Waals surface area contributed by atoms with Crippen molar-refractivity contribution in [1.29, 1.82) is 0 Å². The molecule has 0 saturated carbocycles. The number of hydrogen-bond donors (Lipinski definition) is 0. The molecule has 0 aromatic heterocycles. The number of carbonyl (C=O) groups is 3. The fourth-order valence-electron chi connectivity index (χ4n) is 5.13. The molecule has 4 rings (SSSR count). The highest BCUT2D eigenvalue weighted by Gasteiger charge is 2.65. The van der Waals surface area contributed by atoms with Crippen LogP contribution in [0.15, 0.2) is 35.9 Å². The van der Waals surface area contributed by atoms with Crippen LogP contribution in [-0.2, 0) is 24.5 Å². The summed E-state index contributed by atoms with van der Waals surface area (Å²) < 4.78 is 5.61. The number of ether oxygens (including phenoxy) is 1. The number of carbonyl (C=O) groups excluding carboxylic acids is 3. The van der Waals surface area contributed by atoms with Crippen molar-refractivity contribution in [2.45, 2.75) is 70.7 Å². The summed E-state index contributed by atoms with van der Waals surface area (Å²) in [5.74, 6) is -0.620. The fraction of sp³-hybridized carbons (Fsp3) is 0.522. The number of allylic oxidation sites excluding steroid dienone is 2. The van der Waals surface area contributed by atoms with Gasteiger partial charge in [0, 0.05) is 17.0 Å². The van der Waals surface area contributed by atoms with Crippen LogP contribution in [0.5, 0.6) is 0 Å². The number of cyclic esters (lactones) is 1. The van der Waals surface area contributed by atoms with Crippen LogP contribution in [0.4, 0.5) is 5.69 Å². The Kier molecular flexibility index (Phi) is 4.75. The zero-order chi connectivity index (χ0) is 20.9. The van der Waals surface area contributed by atoms with E-state index >= 15 is 0 Å². The summed E-state index contributed by atoms with van der Waals surface area (Å²) in [5.41, 5.74) is 2.49. The maximum atomic E-state index is 13.5. The summed E-state index contributed by atoms with van der Waals surface area (Å²) in [7, 11) is 0.